The van der Waals surface area contributed by atoms with Gasteiger partial charge >= 0.3 is 6.18 Å². The van der Waals surface area contributed by atoms with Crippen LogP contribution in [0.4, 0.5) is 13.2 Å². The summed E-state index contributed by atoms with van der Waals surface area (Å²) in [6, 6.07) is 2.96. The Morgan fingerprint density at radius 2 is 2.00 bits per heavy atom. The van der Waals surface area contributed by atoms with Gasteiger partial charge in [0, 0.05) is 0 Å². The lowest BCUT2D eigenvalue weighted by atomic mass is 10.2. The summed E-state index contributed by atoms with van der Waals surface area (Å²) in [6.07, 6.45) is -3.17. The second-order valence-electron chi connectivity index (χ2n) is 2.92. The van der Waals surface area contributed by atoms with Crippen LogP contribution in [0.2, 0.25) is 5.02 Å². The van der Waals surface area contributed by atoms with Gasteiger partial charge in [0.1, 0.15) is 6.33 Å². The molecule has 0 atom stereocenters. The number of alkyl halides is 3. The number of aromatic nitrogens is 4. The summed E-state index contributed by atoms with van der Waals surface area (Å²) < 4.78 is 38.2. The number of hydrogen-bond donors (Lipinski definition) is 0. The van der Waals surface area contributed by atoms with E-state index < -0.39 is 11.7 Å². The van der Waals surface area contributed by atoms with Crippen LogP contribution in [-0.2, 0) is 6.18 Å². The topological polar surface area (TPSA) is 43.6 Å². The molecule has 0 aliphatic carbocycles. The van der Waals surface area contributed by atoms with Crippen molar-refractivity contribution < 1.29 is 13.2 Å². The molecular formula is C8H4ClF3N4. The van der Waals surface area contributed by atoms with E-state index in [-0.39, 0.29) is 5.02 Å². The van der Waals surface area contributed by atoms with Crippen LogP contribution in [0.15, 0.2) is 24.5 Å². The molecule has 0 saturated heterocycles. The maximum absolute atomic E-state index is 12.3. The van der Waals surface area contributed by atoms with Crippen LogP contribution < -0.4 is 0 Å². The third-order valence-electron chi connectivity index (χ3n) is 1.87. The highest BCUT2D eigenvalue weighted by atomic mass is 35.5. The minimum Gasteiger partial charge on any atom is -0.199 e. The van der Waals surface area contributed by atoms with Gasteiger partial charge in [-0.15, -0.1) is 5.10 Å². The first-order chi connectivity index (χ1) is 7.48. The normalized spacial score (nSPS) is 11.8. The molecule has 0 aliphatic rings. The number of tetrazole rings is 1. The minimum absolute atomic E-state index is 0.0675. The SMILES string of the molecule is FC(F)(F)c1ccc(-n2cnnn2)c(Cl)c1. The smallest absolute Gasteiger partial charge is 0.199 e. The average Bonchev–Trinajstić information content (AvgIpc) is 2.69. The van der Waals surface area contributed by atoms with E-state index >= 15 is 0 Å². The predicted octanol–water partition coefficient (Wildman–Crippen LogP) is 2.33. The first kappa shape index (κ1) is 10.9. The van der Waals surface area contributed by atoms with Gasteiger partial charge in [0.25, 0.3) is 0 Å². The molecule has 1 heterocycles. The summed E-state index contributed by atoms with van der Waals surface area (Å²) in [5.74, 6) is 0. The van der Waals surface area contributed by atoms with Gasteiger partial charge in [-0.3, -0.25) is 0 Å². The van der Waals surface area contributed by atoms with Crippen molar-refractivity contribution in [3.63, 3.8) is 0 Å². The molecule has 2 aromatic rings. The summed E-state index contributed by atoms with van der Waals surface area (Å²) in [5.41, 5.74) is -0.519. The van der Waals surface area contributed by atoms with Crippen LogP contribution in [0.5, 0.6) is 0 Å². The van der Waals surface area contributed by atoms with Crippen LogP contribution in [0.25, 0.3) is 5.69 Å². The van der Waals surface area contributed by atoms with E-state index in [1.807, 2.05) is 0 Å². The molecule has 2 rings (SSSR count). The van der Waals surface area contributed by atoms with Gasteiger partial charge in [0.15, 0.2) is 0 Å². The zero-order chi connectivity index (χ0) is 11.8. The average molecular weight is 249 g/mol. The lowest BCUT2D eigenvalue weighted by Crippen LogP contribution is -2.06. The Balaban J connectivity index is 2.46. The molecule has 84 valence electrons. The highest BCUT2D eigenvalue weighted by Crippen LogP contribution is 2.32. The Morgan fingerprint density at radius 3 is 2.50 bits per heavy atom. The van der Waals surface area contributed by atoms with Crippen molar-refractivity contribution >= 4 is 11.6 Å². The van der Waals surface area contributed by atoms with Crippen molar-refractivity contribution in [1.29, 1.82) is 0 Å². The Labute approximate surface area is 92.6 Å². The lowest BCUT2D eigenvalue weighted by Gasteiger charge is -2.08. The standard InChI is InChI=1S/C8H4ClF3N4/c9-6-3-5(8(10,11)12)1-2-7(6)16-4-13-14-15-16/h1-4H. The van der Waals surface area contributed by atoms with Crippen molar-refractivity contribution in [2.24, 2.45) is 0 Å². The molecule has 0 saturated carbocycles. The molecule has 0 bridgehead atoms. The molecule has 0 amide bonds. The van der Waals surface area contributed by atoms with Crippen molar-refractivity contribution in [2.75, 3.05) is 0 Å². The summed E-state index contributed by atoms with van der Waals surface area (Å²) in [4.78, 5) is 0. The van der Waals surface area contributed by atoms with Gasteiger partial charge in [-0.05, 0) is 28.6 Å². The number of nitrogens with zero attached hydrogens (tertiary/aromatic N) is 4. The monoisotopic (exact) mass is 248 g/mol. The molecule has 0 spiro atoms. The summed E-state index contributed by atoms with van der Waals surface area (Å²) >= 11 is 5.71. The van der Waals surface area contributed by atoms with Crippen molar-refractivity contribution in [2.45, 2.75) is 6.18 Å². The fourth-order valence-corrected chi connectivity index (χ4v) is 1.41. The molecule has 0 fully saturated rings. The van der Waals surface area contributed by atoms with Gasteiger partial charge in [-0.2, -0.15) is 17.9 Å². The maximum atomic E-state index is 12.3. The van der Waals surface area contributed by atoms with Crippen LogP contribution in [0.1, 0.15) is 5.56 Å². The maximum Gasteiger partial charge on any atom is 0.416 e. The van der Waals surface area contributed by atoms with Crippen LogP contribution in [0.3, 0.4) is 0 Å². The van der Waals surface area contributed by atoms with Gasteiger partial charge in [0.2, 0.25) is 0 Å². The van der Waals surface area contributed by atoms with E-state index in [2.05, 4.69) is 15.5 Å². The Kier molecular flexibility index (Phi) is 2.55. The van der Waals surface area contributed by atoms with Gasteiger partial charge in [0.05, 0.1) is 16.3 Å². The third-order valence-corrected chi connectivity index (χ3v) is 2.17. The lowest BCUT2D eigenvalue weighted by molar-refractivity contribution is -0.137. The zero-order valence-electron chi connectivity index (χ0n) is 7.61. The molecule has 4 nitrogen and oxygen atoms in total. The molecule has 8 heteroatoms. The van der Waals surface area contributed by atoms with Gasteiger partial charge in [-0.25, -0.2) is 0 Å². The second kappa shape index (κ2) is 3.75. The Hall–Kier alpha value is -1.63. The quantitative estimate of drug-likeness (QED) is 0.778. The number of rotatable bonds is 1. The zero-order valence-corrected chi connectivity index (χ0v) is 8.37. The van der Waals surface area contributed by atoms with Gasteiger partial charge in [-0.1, -0.05) is 11.6 Å². The number of benzene rings is 1. The van der Waals surface area contributed by atoms with E-state index in [9.17, 15) is 13.2 Å². The molecular weight excluding hydrogens is 245 g/mol. The predicted molar refractivity (Wildman–Crippen MR) is 49.2 cm³/mol. The molecule has 0 radical (unpaired) electrons. The van der Waals surface area contributed by atoms with Crippen LogP contribution >= 0.6 is 11.6 Å². The minimum atomic E-state index is -4.41. The molecule has 16 heavy (non-hydrogen) atoms. The van der Waals surface area contributed by atoms with Crippen molar-refractivity contribution in [3.8, 4) is 5.69 Å². The van der Waals surface area contributed by atoms with Crippen molar-refractivity contribution in [3.05, 3.63) is 35.1 Å². The first-order valence-corrected chi connectivity index (χ1v) is 4.46. The number of hydrogen-bond acceptors (Lipinski definition) is 3. The van der Waals surface area contributed by atoms with E-state index in [1.165, 1.54) is 17.1 Å². The third kappa shape index (κ3) is 1.99. The van der Waals surface area contributed by atoms with Crippen LogP contribution in [0, 0.1) is 0 Å². The number of halogens is 4. The second-order valence-corrected chi connectivity index (χ2v) is 3.33. The largest absolute Gasteiger partial charge is 0.416 e. The molecule has 0 aliphatic heterocycles. The highest BCUT2D eigenvalue weighted by Gasteiger charge is 2.31. The molecule has 0 N–H and O–H groups in total. The molecule has 1 aromatic carbocycles. The van der Waals surface area contributed by atoms with Crippen molar-refractivity contribution in [1.82, 2.24) is 20.2 Å². The van der Waals surface area contributed by atoms with E-state index in [1.54, 1.807) is 0 Å². The Bertz CT molecular complexity index is 494. The molecule has 0 unspecified atom stereocenters. The summed E-state index contributed by atoms with van der Waals surface area (Å²) in [5, 5.41) is 10.2. The van der Waals surface area contributed by atoms with E-state index in [0.29, 0.717) is 5.69 Å². The summed E-state index contributed by atoms with van der Waals surface area (Å²) in [6.45, 7) is 0. The van der Waals surface area contributed by atoms with E-state index in [4.69, 9.17) is 11.6 Å². The Morgan fingerprint density at radius 1 is 1.25 bits per heavy atom. The van der Waals surface area contributed by atoms with E-state index in [0.717, 1.165) is 12.1 Å². The first-order valence-electron chi connectivity index (χ1n) is 4.08. The fourth-order valence-electron chi connectivity index (χ4n) is 1.14. The van der Waals surface area contributed by atoms with Crippen LogP contribution in [-0.4, -0.2) is 20.2 Å². The molecule has 1 aromatic heterocycles. The summed E-state index contributed by atoms with van der Waals surface area (Å²) in [7, 11) is 0. The van der Waals surface area contributed by atoms with Gasteiger partial charge < -0.3 is 0 Å². The highest BCUT2D eigenvalue weighted by molar-refractivity contribution is 6.32. The fraction of sp³-hybridized carbons (Fsp3) is 0.125.